The van der Waals surface area contributed by atoms with Gasteiger partial charge in [-0.3, -0.25) is 0 Å². The van der Waals surface area contributed by atoms with Gasteiger partial charge in [0.15, 0.2) is 6.17 Å². The molecule has 98 valence electrons. The Labute approximate surface area is 104 Å². The Morgan fingerprint density at radius 3 is 2.29 bits per heavy atom. The molecule has 0 bridgehead atoms. The van der Waals surface area contributed by atoms with Crippen molar-refractivity contribution in [2.45, 2.75) is 70.9 Å². The Hall–Kier alpha value is -1.04. The minimum atomic E-state index is -1.68. The van der Waals surface area contributed by atoms with Crippen molar-refractivity contribution in [2.24, 2.45) is 0 Å². The third-order valence-corrected chi connectivity index (χ3v) is 2.58. The molecule has 0 amide bonds. The molecule has 0 heterocycles. The Bertz CT molecular complexity index is 253. The molecule has 0 unspecified atom stereocenters. The fourth-order valence-corrected chi connectivity index (χ4v) is 1.58. The van der Waals surface area contributed by atoms with Gasteiger partial charge in [0.25, 0.3) is 0 Å². The van der Waals surface area contributed by atoms with Gasteiger partial charge < -0.3 is 5.11 Å². The summed E-state index contributed by atoms with van der Waals surface area (Å²) in [6.45, 7) is 2.04. The molecular weight excluding hydrogens is 219 g/mol. The standard InChI is InChI=1S/C14H23FO2/c1-2-3-4-5-6-7-8-9-10-11-12-13(15)14(16)17/h13H,2,5-12H2,1H3,(H,16,17)/t13-/m0/s1. The minimum absolute atomic E-state index is 0.150. The highest BCUT2D eigenvalue weighted by Crippen LogP contribution is 2.11. The number of hydrogen-bond donors (Lipinski definition) is 1. The average molecular weight is 242 g/mol. The van der Waals surface area contributed by atoms with Gasteiger partial charge in [-0.25, -0.2) is 9.18 Å². The molecule has 0 radical (unpaired) electrons. The molecule has 1 atom stereocenters. The summed E-state index contributed by atoms with van der Waals surface area (Å²) in [5.74, 6) is 4.80. The maximum absolute atomic E-state index is 12.7. The van der Waals surface area contributed by atoms with Crippen LogP contribution in [0.4, 0.5) is 4.39 Å². The maximum Gasteiger partial charge on any atom is 0.338 e. The number of unbranched alkanes of at least 4 members (excludes halogenated alkanes) is 6. The highest BCUT2D eigenvalue weighted by atomic mass is 19.1. The second kappa shape index (κ2) is 11.4. The molecule has 3 heteroatoms. The summed E-state index contributed by atoms with van der Waals surface area (Å²) in [7, 11) is 0. The number of rotatable bonds is 9. The van der Waals surface area contributed by atoms with Crippen LogP contribution in [-0.2, 0) is 4.79 Å². The molecular formula is C14H23FO2. The van der Waals surface area contributed by atoms with Crippen molar-refractivity contribution in [1.82, 2.24) is 0 Å². The van der Waals surface area contributed by atoms with Crippen LogP contribution in [0.1, 0.15) is 64.7 Å². The third-order valence-electron chi connectivity index (χ3n) is 2.58. The molecule has 0 aromatic rings. The predicted octanol–water partition coefficient (Wildman–Crippen LogP) is 3.94. The van der Waals surface area contributed by atoms with Crippen LogP contribution in [0.2, 0.25) is 0 Å². The number of halogens is 1. The van der Waals surface area contributed by atoms with E-state index in [1.807, 2.05) is 6.92 Å². The summed E-state index contributed by atoms with van der Waals surface area (Å²) < 4.78 is 12.7. The second-order valence-electron chi connectivity index (χ2n) is 4.17. The van der Waals surface area contributed by atoms with Crippen LogP contribution in [0.15, 0.2) is 0 Å². The van der Waals surface area contributed by atoms with Gasteiger partial charge >= 0.3 is 5.97 Å². The van der Waals surface area contributed by atoms with Crippen LogP contribution in [0.5, 0.6) is 0 Å². The molecule has 0 aliphatic carbocycles. The maximum atomic E-state index is 12.7. The van der Waals surface area contributed by atoms with Crippen molar-refractivity contribution in [3.8, 4) is 11.8 Å². The second-order valence-corrected chi connectivity index (χ2v) is 4.17. The molecule has 0 aromatic heterocycles. The van der Waals surface area contributed by atoms with E-state index in [9.17, 15) is 9.18 Å². The fraction of sp³-hybridized carbons (Fsp3) is 0.786. The fourth-order valence-electron chi connectivity index (χ4n) is 1.58. The Kier molecular flexibility index (Phi) is 10.7. The van der Waals surface area contributed by atoms with Crippen LogP contribution < -0.4 is 0 Å². The average Bonchev–Trinajstić information content (AvgIpc) is 2.31. The zero-order valence-corrected chi connectivity index (χ0v) is 10.7. The molecule has 17 heavy (non-hydrogen) atoms. The first-order valence-corrected chi connectivity index (χ1v) is 6.51. The monoisotopic (exact) mass is 242 g/mol. The van der Waals surface area contributed by atoms with Gasteiger partial charge in [-0.05, 0) is 19.3 Å². The van der Waals surface area contributed by atoms with Crippen LogP contribution in [0, 0.1) is 11.8 Å². The minimum Gasteiger partial charge on any atom is -0.479 e. The first kappa shape index (κ1) is 16.0. The number of carboxylic acids is 1. The molecule has 0 aliphatic rings. The lowest BCUT2D eigenvalue weighted by atomic mass is 10.1. The summed E-state index contributed by atoms with van der Waals surface area (Å²) in [6, 6.07) is 0. The quantitative estimate of drug-likeness (QED) is 0.491. The summed E-state index contributed by atoms with van der Waals surface area (Å²) in [5, 5.41) is 8.34. The first-order chi connectivity index (χ1) is 8.18. The summed E-state index contributed by atoms with van der Waals surface area (Å²) in [5.41, 5.74) is 0. The molecule has 0 spiro atoms. The first-order valence-electron chi connectivity index (χ1n) is 6.51. The smallest absolute Gasteiger partial charge is 0.338 e. The van der Waals surface area contributed by atoms with Crippen molar-refractivity contribution in [2.75, 3.05) is 0 Å². The highest BCUT2D eigenvalue weighted by Gasteiger charge is 2.13. The highest BCUT2D eigenvalue weighted by molar-refractivity contribution is 5.71. The van der Waals surface area contributed by atoms with Crippen molar-refractivity contribution in [3.05, 3.63) is 0 Å². The molecule has 0 saturated heterocycles. The predicted molar refractivity (Wildman–Crippen MR) is 67.5 cm³/mol. The van der Waals surface area contributed by atoms with Gasteiger partial charge in [0.05, 0.1) is 0 Å². The topological polar surface area (TPSA) is 37.3 Å². The van der Waals surface area contributed by atoms with Gasteiger partial charge in [0.2, 0.25) is 0 Å². The Morgan fingerprint density at radius 2 is 1.71 bits per heavy atom. The van der Waals surface area contributed by atoms with E-state index in [-0.39, 0.29) is 6.42 Å². The van der Waals surface area contributed by atoms with E-state index in [0.29, 0.717) is 6.42 Å². The molecule has 0 aromatic carbocycles. The van der Waals surface area contributed by atoms with E-state index in [0.717, 1.165) is 44.9 Å². The van der Waals surface area contributed by atoms with E-state index in [4.69, 9.17) is 5.11 Å². The van der Waals surface area contributed by atoms with E-state index < -0.39 is 12.1 Å². The van der Waals surface area contributed by atoms with Crippen LogP contribution >= 0.6 is 0 Å². The number of carbonyl (C=O) groups is 1. The van der Waals surface area contributed by atoms with Gasteiger partial charge in [0, 0.05) is 12.8 Å². The van der Waals surface area contributed by atoms with E-state index in [1.54, 1.807) is 0 Å². The summed E-state index contributed by atoms with van der Waals surface area (Å²) in [6.07, 6.45) is 6.46. The lowest BCUT2D eigenvalue weighted by molar-refractivity contribution is -0.143. The lowest BCUT2D eigenvalue weighted by Crippen LogP contribution is -2.13. The largest absolute Gasteiger partial charge is 0.479 e. The van der Waals surface area contributed by atoms with Crippen molar-refractivity contribution < 1.29 is 14.3 Å². The van der Waals surface area contributed by atoms with Crippen LogP contribution in [-0.4, -0.2) is 17.2 Å². The zero-order valence-electron chi connectivity index (χ0n) is 10.7. The molecule has 0 rings (SSSR count). The van der Waals surface area contributed by atoms with Gasteiger partial charge in [-0.15, -0.1) is 11.8 Å². The molecule has 0 fully saturated rings. The van der Waals surface area contributed by atoms with Gasteiger partial charge in [0.1, 0.15) is 0 Å². The van der Waals surface area contributed by atoms with E-state index >= 15 is 0 Å². The zero-order chi connectivity index (χ0) is 12.9. The van der Waals surface area contributed by atoms with Crippen LogP contribution in [0.25, 0.3) is 0 Å². The molecule has 1 N–H and O–H groups in total. The van der Waals surface area contributed by atoms with Gasteiger partial charge in [-0.2, -0.15) is 0 Å². The van der Waals surface area contributed by atoms with Gasteiger partial charge in [-0.1, -0.05) is 32.6 Å². The number of hydrogen-bond acceptors (Lipinski definition) is 1. The summed E-state index contributed by atoms with van der Waals surface area (Å²) >= 11 is 0. The van der Waals surface area contributed by atoms with E-state index in [1.165, 1.54) is 0 Å². The normalized spacial score (nSPS) is 11.6. The Balaban J connectivity index is 3.16. The van der Waals surface area contributed by atoms with Crippen molar-refractivity contribution in [1.29, 1.82) is 0 Å². The molecule has 0 saturated carbocycles. The van der Waals surface area contributed by atoms with Crippen molar-refractivity contribution in [3.63, 3.8) is 0 Å². The third kappa shape index (κ3) is 11.2. The number of aliphatic carboxylic acids is 1. The Morgan fingerprint density at radius 1 is 1.12 bits per heavy atom. The molecule has 2 nitrogen and oxygen atoms in total. The van der Waals surface area contributed by atoms with E-state index in [2.05, 4.69) is 11.8 Å². The summed E-state index contributed by atoms with van der Waals surface area (Å²) in [4.78, 5) is 10.2. The lowest BCUT2D eigenvalue weighted by Gasteiger charge is -2.02. The number of alkyl halides is 1. The SMILES string of the molecule is CCC#CCCCCCCCC[C@H](F)C(=O)O. The van der Waals surface area contributed by atoms with Crippen molar-refractivity contribution >= 4 is 5.97 Å². The number of carboxylic acid groups (broad SMARTS) is 1. The molecule has 0 aliphatic heterocycles. The van der Waals surface area contributed by atoms with Crippen LogP contribution in [0.3, 0.4) is 0 Å².